The van der Waals surface area contributed by atoms with Crippen molar-refractivity contribution in [2.45, 2.75) is 50.9 Å². The van der Waals surface area contributed by atoms with Crippen molar-refractivity contribution in [2.75, 3.05) is 12.3 Å². The third kappa shape index (κ3) is 4.07. The Morgan fingerprint density at radius 1 is 1.23 bits per heavy atom. The zero-order valence-corrected chi connectivity index (χ0v) is 14.4. The van der Waals surface area contributed by atoms with Gasteiger partial charge in [-0.05, 0) is 25.7 Å². The van der Waals surface area contributed by atoms with Crippen molar-refractivity contribution in [1.29, 1.82) is 0 Å². The molecule has 1 aliphatic heterocycles. The summed E-state index contributed by atoms with van der Waals surface area (Å²) in [6, 6.07) is 0. The van der Waals surface area contributed by atoms with Crippen LogP contribution in [0.3, 0.4) is 0 Å². The fraction of sp³-hybridized carbons (Fsp3) is 0.562. The lowest BCUT2D eigenvalue weighted by Crippen LogP contribution is -2.35. The van der Waals surface area contributed by atoms with Gasteiger partial charge in [0.05, 0.1) is 6.33 Å². The highest BCUT2D eigenvalue weighted by Gasteiger charge is 2.32. The van der Waals surface area contributed by atoms with Crippen molar-refractivity contribution < 1.29 is 14.3 Å². The lowest BCUT2D eigenvalue weighted by molar-refractivity contribution is -0.134. The summed E-state index contributed by atoms with van der Waals surface area (Å²) in [6.45, 7) is 0.555. The maximum Gasteiger partial charge on any atom is 0.249 e. The summed E-state index contributed by atoms with van der Waals surface area (Å²) in [5.74, 6) is -0.100. The molecule has 3 rings (SSSR count). The monoisotopic (exact) mass is 361 g/mol. The van der Waals surface area contributed by atoms with Gasteiger partial charge < -0.3 is 21.5 Å². The Hall–Kier alpha value is -2.75. The molecule has 1 aliphatic rings. The van der Waals surface area contributed by atoms with Crippen LogP contribution in [0.4, 0.5) is 5.82 Å². The average molecular weight is 361 g/mol. The number of anilines is 1. The second-order valence-corrected chi connectivity index (χ2v) is 6.31. The Balaban J connectivity index is 1.48. The number of hydrogen-bond acceptors (Lipinski definition) is 7. The normalized spacial score (nSPS) is 19.7. The molecule has 1 fully saturated rings. The highest BCUT2D eigenvalue weighted by atomic mass is 16.5. The van der Waals surface area contributed by atoms with E-state index >= 15 is 0 Å². The number of imidazole rings is 1. The summed E-state index contributed by atoms with van der Waals surface area (Å²) >= 11 is 0. The summed E-state index contributed by atoms with van der Waals surface area (Å²) in [4.78, 5) is 35.2. The molecule has 5 N–H and O–H groups in total. The minimum atomic E-state index is -0.498. The van der Waals surface area contributed by atoms with Crippen LogP contribution in [-0.2, 0) is 14.3 Å². The number of nitrogens with two attached hydrogens (primary N) is 2. The smallest absolute Gasteiger partial charge is 0.249 e. The summed E-state index contributed by atoms with van der Waals surface area (Å²) in [5, 5.41) is 2.87. The van der Waals surface area contributed by atoms with Crippen molar-refractivity contribution >= 4 is 28.8 Å². The summed E-state index contributed by atoms with van der Waals surface area (Å²) in [6.07, 6.45) is 6.27. The average Bonchev–Trinajstić information content (AvgIpc) is 3.24. The van der Waals surface area contributed by atoms with Crippen molar-refractivity contribution in [2.24, 2.45) is 5.73 Å². The maximum atomic E-state index is 12.2. The number of primary amides is 1. The largest absolute Gasteiger partial charge is 0.382 e. The lowest BCUT2D eigenvalue weighted by Gasteiger charge is -2.15. The first kappa shape index (κ1) is 18.1. The van der Waals surface area contributed by atoms with Crippen molar-refractivity contribution in [3.05, 3.63) is 12.7 Å². The van der Waals surface area contributed by atoms with E-state index in [0.717, 1.165) is 19.3 Å². The molecular weight excluding hydrogens is 338 g/mol. The van der Waals surface area contributed by atoms with Gasteiger partial charge in [0.25, 0.3) is 0 Å². The molecule has 0 bridgehead atoms. The fourth-order valence-electron chi connectivity index (χ4n) is 3.02. The van der Waals surface area contributed by atoms with E-state index in [-0.39, 0.29) is 18.0 Å². The van der Waals surface area contributed by atoms with Gasteiger partial charge >= 0.3 is 0 Å². The molecule has 0 radical (unpaired) electrons. The first-order valence-corrected chi connectivity index (χ1v) is 8.70. The van der Waals surface area contributed by atoms with E-state index in [4.69, 9.17) is 16.2 Å². The number of ether oxygens (including phenoxy) is 1. The molecule has 2 aromatic rings. The van der Waals surface area contributed by atoms with Crippen molar-refractivity contribution in [1.82, 2.24) is 24.8 Å². The number of unbranched alkanes of at least 4 members (excludes halogenated alkanes) is 2. The van der Waals surface area contributed by atoms with E-state index in [9.17, 15) is 9.59 Å². The molecule has 2 unspecified atom stereocenters. The molecule has 0 saturated carbocycles. The third-order valence-electron chi connectivity index (χ3n) is 4.39. The second kappa shape index (κ2) is 8.09. The number of nitrogens with zero attached hydrogens (tertiary/aromatic N) is 4. The van der Waals surface area contributed by atoms with Gasteiger partial charge in [0, 0.05) is 13.0 Å². The van der Waals surface area contributed by atoms with Crippen LogP contribution in [0.15, 0.2) is 12.7 Å². The molecule has 0 spiro atoms. The van der Waals surface area contributed by atoms with Crippen LogP contribution in [0.1, 0.15) is 44.8 Å². The predicted molar refractivity (Wildman–Crippen MR) is 93.6 cm³/mol. The van der Waals surface area contributed by atoms with E-state index in [2.05, 4.69) is 20.3 Å². The molecule has 2 amide bonds. The van der Waals surface area contributed by atoms with Crippen LogP contribution < -0.4 is 16.8 Å². The fourth-order valence-corrected chi connectivity index (χ4v) is 3.02. The lowest BCUT2D eigenvalue weighted by atomic mass is 10.2. The molecule has 140 valence electrons. The number of amides is 2. The summed E-state index contributed by atoms with van der Waals surface area (Å²) in [7, 11) is 0. The van der Waals surface area contributed by atoms with E-state index in [1.165, 1.54) is 6.33 Å². The number of carbonyl (C=O) groups is 2. The van der Waals surface area contributed by atoms with Gasteiger partial charge in [0.2, 0.25) is 11.8 Å². The summed E-state index contributed by atoms with van der Waals surface area (Å²) < 4.78 is 7.66. The second-order valence-electron chi connectivity index (χ2n) is 6.31. The highest BCUT2D eigenvalue weighted by Crippen LogP contribution is 2.31. The van der Waals surface area contributed by atoms with Gasteiger partial charge in [-0.2, -0.15) is 0 Å². The van der Waals surface area contributed by atoms with E-state index in [0.29, 0.717) is 42.8 Å². The highest BCUT2D eigenvalue weighted by molar-refractivity contribution is 5.82. The number of nitrogens with one attached hydrogen (secondary N) is 1. The number of hydrogen-bond donors (Lipinski definition) is 3. The Morgan fingerprint density at radius 3 is 2.88 bits per heavy atom. The molecule has 0 aliphatic carbocycles. The Bertz CT molecular complexity index is 791. The van der Waals surface area contributed by atoms with E-state index < -0.39 is 6.10 Å². The minimum absolute atomic E-state index is 0.124. The number of carbonyl (C=O) groups excluding carboxylic acids is 2. The van der Waals surface area contributed by atoms with Crippen molar-refractivity contribution in [3.8, 4) is 0 Å². The molecule has 26 heavy (non-hydrogen) atoms. The zero-order valence-electron chi connectivity index (χ0n) is 14.4. The van der Waals surface area contributed by atoms with Crippen LogP contribution >= 0.6 is 0 Å². The standard InChI is InChI=1S/C16H23N7O3/c17-11(24)4-2-1-3-7-19-16(25)10-5-6-12(26-10)23-9-22-13-14(18)20-8-21-15(13)23/h8-10,12H,1-7H2,(H2,17,24)(H,19,25)(H2,18,20,21). The zero-order chi connectivity index (χ0) is 18.5. The van der Waals surface area contributed by atoms with Crippen LogP contribution in [0.2, 0.25) is 0 Å². The molecule has 1 saturated heterocycles. The first-order chi connectivity index (χ1) is 12.6. The van der Waals surface area contributed by atoms with Crippen LogP contribution in [-0.4, -0.2) is 44.0 Å². The quantitative estimate of drug-likeness (QED) is 0.570. The van der Waals surface area contributed by atoms with Crippen LogP contribution in [0.5, 0.6) is 0 Å². The summed E-state index contributed by atoms with van der Waals surface area (Å²) in [5.41, 5.74) is 12.0. The maximum absolute atomic E-state index is 12.2. The van der Waals surface area contributed by atoms with E-state index in [1.54, 1.807) is 10.9 Å². The third-order valence-corrected chi connectivity index (χ3v) is 4.39. The van der Waals surface area contributed by atoms with Gasteiger partial charge in [-0.3, -0.25) is 14.2 Å². The number of rotatable bonds is 8. The molecule has 2 aromatic heterocycles. The first-order valence-electron chi connectivity index (χ1n) is 8.70. The molecule has 10 nitrogen and oxygen atoms in total. The molecule has 3 heterocycles. The Labute approximate surface area is 150 Å². The van der Waals surface area contributed by atoms with Gasteiger partial charge in [-0.1, -0.05) is 6.42 Å². The van der Waals surface area contributed by atoms with Gasteiger partial charge in [0.15, 0.2) is 11.5 Å². The minimum Gasteiger partial charge on any atom is -0.382 e. The van der Waals surface area contributed by atoms with Crippen LogP contribution in [0, 0.1) is 0 Å². The van der Waals surface area contributed by atoms with Crippen LogP contribution in [0.25, 0.3) is 11.2 Å². The van der Waals surface area contributed by atoms with Gasteiger partial charge in [-0.15, -0.1) is 0 Å². The SMILES string of the molecule is NC(=O)CCCCCNC(=O)C1CCC(n2cnc3c(N)ncnc32)O1. The number of nitrogen functional groups attached to an aromatic ring is 1. The number of aromatic nitrogens is 4. The predicted octanol–water partition coefficient (Wildman–Crippen LogP) is 0.248. The number of fused-ring (bicyclic) bond motifs is 1. The molecule has 10 heteroatoms. The molecule has 2 atom stereocenters. The van der Waals surface area contributed by atoms with Gasteiger partial charge in [0.1, 0.15) is 24.2 Å². The van der Waals surface area contributed by atoms with E-state index in [1.807, 2.05) is 0 Å². The Kier molecular flexibility index (Phi) is 5.61. The van der Waals surface area contributed by atoms with Gasteiger partial charge in [-0.25, -0.2) is 15.0 Å². The molecular formula is C16H23N7O3. The molecule has 0 aromatic carbocycles. The topological polar surface area (TPSA) is 151 Å². The Morgan fingerprint density at radius 2 is 2.08 bits per heavy atom. The van der Waals surface area contributed by atoms with Crippen molar-refractivity contribution in [3.63, 3.8) is 0 Å².